The van der Waals surface area contributed by atoms with Crippen LogP contribution in [0.1, 0.15) is 18.4 Å². The summed E-state index contributed by atoms with van der Waals surface area (Å²) in [5.41, 5.74) is 11.4. The molecule has 0 atom stereocenters. The van der Waals surface area contributed by atoms with Gasteiger partial charge in [0.2, 0.25) is 5.95 Å². The summed E-state index contributed by atoms with van der Waals surface area (Å²) in [6.07, 6.45) is 3.99. The number of piperidine rings is 1. The van der Waals surface area contributed by atoms with Crippen molar-refractivity contribution in [1.82, 2.24) is 9.97 Å². The molecule has 0 bridgehead atoms. The number of hydrogen-bond acceptors (Lipinski definition) is 8. The van der Waals surface area contributed by atoms with Crippen molar-refractivity contribution in [1.29, 1.82) is 0 Å². The molecule has 11 nitrogen and oxygen atoms in total. The lowest BCUT2D eigenvalue weighted by Crippen LogP contribution is -2.39. The lowest BCUT2D eigenvalue weighted by Gasteiger charge is -2.33. The molecule has 4 N–H and O–H groups in total. The third kappa shape index (κ3) is 6.01. The minimum absolute atomic E-state index is 0.118. The predicted octanol–water partition coefficient (Wildman–Crippen LogP) is 1.41. The number of hydrogen-bond donors (Lipinski definition) is 2. The van der Waals surface area contributed by atoms with Gasteiger partial charge in [-0.1, -0.05) is 12.1 Å². The molecule has 182 valence electrons. The van der Waals surface area contributed by atoms with Crippen molar-refractivity contribution < 1.29 is 23.4 Å². The summed E-state index contributed by atoms with van der Waals surface area (Å²) in [6, 6.07) is 4.71. The number of amides is 1. The summed E-state index contributed by atoms with van der Waals surface area (Å²) in [7, 11) is 0. The summed E-state index contributed by atoms with van der Waals surface area (Å²) in [5.74, 6) is -0.167. The van der Waals surface area contributed by atoms with Gasteiger partial charge in [-0.2, -0.15) is 0 Å². The van der Waals surface area contributed by atoms with Crippen LogP contribution in [0.15, 0.2) is 35.6 Å². The number of carbonyl (C=O) groups is 1. The highest BCUT2D eigenvalue weighted by molar-refractivity contribution is 5.87. The van der Waals surface area contributed by atoms with E-state index >= 15 is 0 Å². The van der Waals surface area contributed by atoms with E-state index in [1.165, 1.54) is 6.07 Å². The quantitative estimate of drug-likeness (QED) is 0.467. The molecule has 34 heavy (non-hydrogen) atoms. The topological polar surface area (TPSA) is 141 Å². The second kappa shape index (κ2) is 11.0. The van der Waals surface area contributed by atoms with Gasteiger partial charge in [0.1, 0.15) is 12.7 Å². The smallest absolute Gasteiger partial charge is 0.437 e. The molecular formula is C22H28FN7O4. The zero-order chi connectivity index (χ0) is 23.9. The third-order valence-corrected chi connectivity index (χ3v) is 5.63. The molecule has 12 heteroatoms. The second-order valence-corrected chi connectivity index (χ2v) is 7.97. The van der Waals surface area contributed by atoms with Crippen LogP contribution >= 0.6 is 0 Å². The van der Waals surface area contributed by atoms with E-state index in [4.69, 9.17) is 25.7 Å². The van der Waals surface area contributed by atoms with Gasteiger partial charge in [0.15, 0.2) is 17.5 Å². The van der Waals surface area contributed by atoms with Crippen LogP contribution in [-0.2, 0) is 16.1 Å². The number of morpholine rings is 1. The first-order valence-corrected chi connectivity index (χ1v) is 11.1. The zero-order valence-corrected chi connectivity index (χ0v) is 18.7. The lowest BCUT2D eigenvalue weighted by molar-refractivity contribution is 0.122. The number of ether oxygens (including phenoxy) is 3. The molecule has 2 aliphatic heterocycles. The van der Waals surface area contributed by atoms with Crippen LogP contribution in [0.5, 0.6) is 5.75 Å². The second-order valence-electron chi connectivity index (χ2n) is 7.97. The van der Waals surface area contributed by atoms with Crippen molar-refractivity contribution in [2.75, 3.05) is 49.2 Å². The number of guanidine groups is 1. The molecule has 0 aliphatic carbocycles. The largest absolute Gasteiger partial charge is 0.487 e. The molecule has 1 aromatic carbocycles. The van der Waals surface area contributed by atoms with Gasteiger partial charge in [0, 0.05) is 44.6 Å². The van der Waals surface area contributed by atoms with Crippen molar-refractivity contribution in [2.24, 2.45) is 16.5 Å². The number of anilines is 2. The van der Waals surface area contributed by atoms with E-state index in [-0.39, 0.29) is 24.0 Å². The van der Waals surface area contributed by atoms with Crippen LogP contribution in [0.2, 0.25) is 0 Å². The Morgan fingerprint density at radius 2 is 1.82 bits per heavy atom. The van der Waals surface area contributed by atoms with Crippen molar-refractivity contribution in [2.45, 2.75) is 25.6 Å². The molecular weight excluding hydrogens is 445 g/mol. The molecule has 0 unspecified atom stereocenters. The monoisotopic (exact) mass is 473 g/mol. The van der Waals surface area contributed by atoms with E-state index < -0.39 is 17.9 Å². The van der Waals surface area contributed by atoms with Crippen LogP contribution in [0, 0.1) is 5.82 Å². The highest BCUT2D eigenvalue weighted by Crippen LogP contribution is 2.27. The Hall–Kier alpha value is -3.67. The van der Waals surface area contributed by atoms with Crippen LogP contribution in [0.25, 0.3) is 0 Å². The first-order chi connectivity index (χ1) is 16.5. The Morgan fingerprint density at radius 3 is 2.50 bits per heavy atom. The summed E-state index contributed by atoms with van der Waals surface area (Å²) in [5, 5.41) is 0. The van der Waals surface area contributed by atoms with Gasteiger partial charge in [0.25, 0.3) is 0 Å². The van der Waals surface area contributed by atoms with Crippen molar-refractivity contribution in [3.8, 4) is 5.75 Å². The fourth-order valence-electron chi connectivity index (χ4n) is 3.85. The summed E-state index contributed by atoms with van der Waals surface area (Å²) >= 11 is 0. The molecule has 3 heterocycles. The number of nitrogens with zero attached hydrogens (tertiary/aromatic N) is 5. The Kier molecular flexibility index (Phi) is 7.58. The summed E-state index contributed by atoms with van der Waals surface area (Å²) < 4.78 is 31.0. The van der Waals surface area contributed by atoms with E-state index in [0.717, 1.165) is 31.9 Å². The number of nitrogens with two attached hydrogens (primary N) is 2. The van der Waals surface area contributed by atoms with Gasteiger partial charge >= 0.3 is 6.09 Å². The Morgan fingerprint density at radius 1 is 1.12 bits per heavy atom. The SMILES string of the molecule is NC(N)=NC(=O)OCc1cccc(OC2CCN(c3cnc(N4CCOCC4)nc3)CC2)c1F. The number of aliphatic imine (C=N–C) groups is 1. The van der Waals surface area contributed by atoms with Crippen molar-refractivity contribution >= 4 is 23.7 Å². The maximum Gasteiger partial charge on any atom is 0.437 e. The Balaban J connectivity index is 1.29. The van der Waals surface area contributed by atoms with Gasteiger partial charge in [0.05, 0.1) is 31.3 Å². The number of rotatable bonds is 6. The number of benzene rings is 1. The van der Waals surface area contributed by atoms with E-state index in [2.05, 4.69) is 24.8 Å². The average Bonchev–Trinajstić information content (AvgIpc) is 2.85. The number of halogens is 1. The molecule has 2 fully saturated rings. The highest BCUT2D eigenvalue weighted by Gasteiger charge is 2.23. The van der Waals surface area contributed by atoms with E-state index in [0.29, 0.717) is 32.0 Å². The Labute approximate surface area is 196 Å². The molecule has 0 radical (unpaired) electrons. The predicted molar refractivity (Wildman–Crippen MR) is 123 cm³/mol. The fourth-order valence-corrected chi connectivity index (χ4v) is 3.85. The first-order valence-electron chi connectivity index (χ1n) is 11.1. The Bertz CT molecular complexity index is 1000. The third-order valence-electron chi connectivity index (χ3n) is 5.63. The number of carbonyl (C=O) groups excluding carboxylic acids is 1. The van der Waals surface area contributed by atoms with Crippen molar-refractivity contribution in [3.05, 3.63) is 42.0 Å². The fraction of sp³-hybridized carbons (Fsp3) is 0.455. The van der Waals surface area contributed by atoms with Crippen LogP contribution in [-0.4, -0.2) is 67.5 Å². The van der Waals surface area contributed by atoms with Crippen LogP contribution in [0.3, 0.4) is 0 Å². The molecule has 0 saturated carbocycles. The van der Waals surface area contributed by atoms with E-state index in [9.17, 15) is 9.18 Å². The molecule has 2 aliphatic rings. The molecule has 1 amide bonds. The van der Waals surface area contributed by atoms with Crippen molar-refractivity contribution in [3.63, 3.8) is 0 Å². The molecule has 1 aromatic heterocycles. The maximum absolute atomic E-state index is 14.8. The molecule has 4 rings (SSSR count). The molecule has 0 spiro atoms. The number of aromatic nitrogens is 2. The van der Waals surface area contributed by atoms with Gasteiger partial charge in [-0.3, -0.25) is 0 Å². The lowest BCUT2D eigenvalue weighted by atomic mass is 10.1. The van der Waals surface area contributed by atoms with E-state index in [1.54, 1.807) is 12.1 Å². The minimum atomic E-state index is -0.986. The minimum Gasteiger partial charge on any atom is -0.487 e. The zero-order valence-electron chi connectivity index (χ0n) is 18.7. The van der Waals surface area contributed by atoms with Gasteiger partial charge in [-0.15, -0.1) is 4.99 Å². The summed E-state index contributed by atoms with van der Waals surface area (Å²) in [6.45, 7) is 4.12. The van der Waals surface area contributed by atoms with Gasteiger partial charge in [-0.05, 0) is 6.07 Å². The molecule has 2 saturated heterocycles. The summed E-state index contributed by atoms with van der Waals surface area (Å²) in [4.78, 5) is 28.0. The van der Waals surface area contributed by atoms with Gasteiger partial charge in [-0.25, -0.2) is 19.2 Å². The normalized spacial score (nSPS) is 16.7. The average molecular weight is 474 g/mol. The standard InChI is InChI=1S/C22H28FN7O4/c23-19-15(14-33-22(31)28-20(24)25)2-1-3-18(19)34-17-4-6-29(7-5-17)16-12-26-21(27-13-16)30-8-10-32-11-9-30/h1-3,12-13,17H,4-11,14H2,(H4,24,25,28,31). The molecule has 2 aromatic rings. The van der Waals surface area contributed by atoms with Crippen LogP contribution < -0.4 is 26.0 Å². The maximum atomic E-state index is 14.8. The highest BCUT2D eigenvalue weighted by atomic mass is 19.1. The van der Waals surface area contributed by atoms with Gasteiger partial charge < -0.3 is 35.5 Å². The first kappa shape index (κ1) is 23.5. The van der Waals surface area contributed by atoms with Crippen LogP contribution in [0.4, 0.5) is 20.8 Å². The van der Waals surface area contributed by atoms with E-state index in [1.807, 2.05) is 12.4 Å².